The minimum Gasteiger partial charge on any atom is -0.354 e. The smallest absolute Gasteiger partial charge is 0.243 e. The predicted octanol–water partition coefficient (Wildman–Crippen LogP) is 4.64. The molecular weight excluding hydrogens is 510 g/mol. The molecule has 7 nitrogen and oxygen atoms in total. The summed E-state index contributed by atoms with van der Waals surface area (Å²) >= 11 is 6.02. The molecule has 1 fully saturated rings. The highest BCUT2D eigenvalue weighted by atomic mass is 35.5. The number of nitrogens with one attached hydrogen (secondary N) is 1. The van der Waals surface area contributed by atoms with E-state index >= 15 is 0 Å². The second-order valence-corrected chi connectivity index (χ2v) is 12.4. The van der Waals surface area contributed by atoms with Crippen LogP contribution in [0.1, 0.15) is 57.6 Å². The minimum absolute atomic E-state index is 0.143. The standard InChI is InChI=1S/C28H38ClN3O4S/c1-21(2)16-17-30-28(34)22(3)32(20-24-6-11-25(29)12-7-24)27(33)15-10-23-8-13-26(14-9-23)37(35,36)31-18-4-5-19-31/h6-9,11-14,21-22H,4-5,10,15-20H2,1-3H3,(H,30,34)/t22-/m1/s1. The quantitative estimate of drug-likeness (QED) is 0.419. The second-order valence-electron chi connectivity index (χ2n) is 10.1. The van der Waals surface area contributed by atoms with Crippen LogP contribution in [0, 0.1) is 5.92 Å². The first-order valence-electron chi connectivity index (χ1n) is 13.0. The molecule has 3 rings (SSSR count). The zero-order chi connectivity index (χ0) is 27.0. The van der Waals surface area contributed by atoms with Gasteiger partial charge in [0.1, 0.15) is 6.04 Å². The Morgan fingerprint density at radius 3 is 2.16 bits per heavy atom. The highest BCUT2D eigenvalue weighted by molar-refractivity contribution is 7.89. The van der Waals surface area contributed by atoms with Gasteiger partial charge >= 0.3 is 0 Å². The molecule has 202 valence electrons. The van der Waals surface area contributed by atoms with Gasteiger partial charge < -0.3 is 10.2 Å². The van der Waals surface area contributed by atoms with Crippen molar-refractivity contribution in [1.82, 2.24) is 14.5 Å². The lowest BCUT2D eigenvalue weighted by Gasteiger charge is -2.29. The topological polar surface area (TPSA) is 86.8 Å². The fourth-order valence-electron chi connectivity index (χ4n) is 4.30. The van der Waals surface area contributed by atoms with Crippen molar-refractivity contribution in [3.8, 4) is 0 Å². The summed E-state index contributed by atoms with van der Waals surface area (Å²) < 4.78 is 27.1. The molecule has 1 atom stereocenters. The molecule has 2 amide bonds. The van der Waals surface area contributed by atoms with Gasteiger partial charge in [0, 0.05) is 37.6 Å². The maximum Gasteiger partial charge on any atom is 0.243 e. The molecule has 1 heterocycles. The zero-order valence-electron chi connectivity index (χ0n) is 22.0. The molecule has 9 heteroatoms. The van der Waals surface area contributed by atoms with Gasteiger partial charge in [-0.15, -0.1) is 0 Å². The summed E-state index contributed by atoms with van der Waals surface area (Å²) in [6.45, 7) is 7.92. The molecule has 1 aliphatic heterocycles. The largest absolute Gasteiger partial charge is 0.354 e. The number of hydrogen-bond donors (Lipinski definition) is 1. The molecule has 2 aromatic carbocycles. The predicted molar refractivity (Wildman–Crippen MR) is 147 cm³/mol. The molecule has 0 radical (unpaired) electrons. The van der Waals surface area contributed by atoms with Gasteiger partial charge in [-0.1, -0.05) is 49.7 Å². The van der Waals surface area contributed by atoms with E-state index < -0.39 is 16.1 Å². The van der Waals surface area contributed by atoms with Crippen molar-refractivity contribution in [2.75, 3.05) is 19.6 Å². The van der Waals surface area contributed by atoms with Crippen molar-refractivity contribution in [3.05, 3.63) is 64.7 Å². The molecule has 0 spiro atoms. The maximum atomic E-state index is 13.3. The van der Waals surface area contributed by atoms with Crippen LogP contribution in [-0.2, 0) is 32.6 Å². The van der Waals surface area contributed by atoms with Crippen LogP contribution < -0.4 is 5.32 Å². The van der Waals surface area contributed by atoms with Crippen molar-refractivity contribution >= 4 is 33.4 Å². The van der Waals surface area contributed by atoms with E-state index in [4.69, 9.17) is 11.6 Å². The molecule has 1 aliphatic rings. The van der Waals surface area contributed by atoms with Gasteiger partial charge in [0.15, 0.2) is 0 Å². The lowest BCUT2D eigenvalue weighted by Crippen LogP contribution is -2.48. The average Bonchev–Trinajstić information content (AvgIpc) is 3.43. The van der Waals surface area contributed by atoms with Gasteiger partial charge in [0.2, 0.25) is 21.8 Å². The van der Waals surface area contributed by atoms with Crippen LogP contribution in [0.5, 0.6) is 0 Å². The summed E-state index contributed by atoms with van der Waals surface area (Å²) in [5, 5.41) is 3.55. The van der Waals surface area contributed by atoms with E-state index in [1.54, 1.807) is 48.2 Å². The number of rotatable bonds is 12. The first-order chi connectivity index (χ1) is 17.6. The van der Waals surface area contributed by atoms with Crippen LogP contribution in [0.25, 0.3) is 0 Å². The number of amides is 2. The van der Waals surface area contributed by atoms with Crippen LogP contribution in [0.2, 0.25) is 5.02 Å². The van der Waals surface area contributed by atoms with E-state index in [9.17, 15) is 18.0 Å². The van der Waals surface area contributed by atoms with Gasteiger partial charge in [0.05, 0.1) is 4.90 Å². The number of sulfonamides is 1. The van der Waals surface area contributed by atoms with Crippen LogP contribution in [0.3, 0.4) is 0 Å². The number of halogens is 1. The summed E-state index contributed by atoms with van der Waals surface area (Å²) in [5.41, 5.74) is 1.75. The summed E-state index contributed by atoms with van der Waals surface area (Å²) in [5.74, 6) is 0.147. The summed E-state index contributed by atoms with van der Waals surface area (Å²) in [7, 11) is -3.47. The molecule has 0 bridgehead atoms. The summed E-state index contributed by atoms with van der Waals surface area (Å²) in [4.78, 5) is 28.1. The lowest BCUT2D eigenvalue weighted by atomic mass is 10.1. The van der Waals surface area contributed by atoms with Crippen LogP contribution in [0.4, 0.5) is 0 Å². The first-order valence-corrected chi connectivity index (χ1v) is 14.8. The van der Waals surface area contributed by atoms with Crippen molar-refractivity contribution < 1.29 is 18.0 Å². The molecule has 1 N–H and O–H groups in total. The number of carbonyl (C=O) groups is 2. The third-order valence-corrected chi connectivity index (χ3v) is 8.87. The Morgan fingerprint density at radius 1 is 0.973 bits per heavy atom. The van der Waals surface area contributed by atoms with Crippen LogP contribution >= 0.6 is 11.6 Å². The Kier molecular flexibility index (Phi) is 10.6. The van der Waals surface area contributed by atoms with E-state index in [0.29, 0.717) is 43.5 Å². The maximum absolute atomic E-state index is 13.3. The third kappa shape index (κ3) is 8.28. The molecule has 0 unspecified atom stereocenters. The molecule has 37 heavy (non-hydrogen) atoms. The summed E-state index contributed by atoms with van der Waals surface area (Å²) in [6, 6.07) is 13.4. The van der Waals surface area contributed by atoms with E-state index in [2.05, 4.69) is 19.2 Å². The molecule has 0 saturated carbocycles. The normalized spacial score (nSPS) is 15.1. The summed E-state index contributed by atoms with van der Waals surface area (Å²) in [6.07, 6.45) is 3.30. The van der Waals surface area contributed by atoms with Crippen molar-refractivity contribution in [2.24, 2.45) is 5.92 Å². The fraction of sp³-hybridized carbons (Fsp3) is 0.500. The Hall–Kier alpha value is -2.42. The third-order valence-electron chi connectivity index (χ3n) is 6.71. The number of carbonyl (C=O) groups excluding carboxylic acids is 2. The van der Waals surface area contributed by atoms with E-state index in [-0.39, 0.29) is 23.1 Å². The highest BCUT2D eigenvalue weighted by Crippen LogP contribution is 2.22. The van der Waals surface area contributed by atoms with Crippen LogP contribution in [0.15, 0.2) is 53.4 Å². The number of nitrogens with zero attached hydrogens (tertiary/aromatic N) is 2. The van der Waals surface area contributed by atoms with Gasteiger partial charge in [-0.25, -0.2) is 8.42 Å². The molecular formula is C28H38ClN3O4S. The van der Waals surface area contributed by atoms with Crippen LogP contribution in [-0.4, -0.2) is 55.1 Å². The Morgan fingerprint density at radius 2 is 1.57 bits per heavy atom. The van der Waals surface area contributed by atoms with E-state index in [1.807, 2.05) is 12.1 Å². The van der Waals surface area contributed by atoms with E-state index in [1.165, 1.54) is 4.31 Å². The molecule has 1 saturated heterocycles. The van der Waals surface area contributed by atoms with Gasteiger partial charge in [0.25, 0.3) is 0 Å². The van der Waals surface area contributed by atoms with E-state index in [0.717, 1.165) is 30.4 Å². The van der Waals surface area contributed by atoms with Crippen molar-refractivity contribution in [2.45, 2.75) is 70.4 Å². The average molecular weight is 548 g/mol. The molecule has 2 aromatic rings. The zero-order valence-corrected chi connectivity index (χ0v) is 23.5. The minimum atomic E-state index is -3.47. The van der Waals surface area contributed by atoms with Crippen molar-refractivity contribution in [3.63, 3.8) is 0 Å². The monoisotopic (exact) mass is 547 g/mol. The van der Waals surface area contributed by atoms with Gasteiger partial charge in [-0.3, -0.25) is 9.59 Å². The Balaban J connectivity index is 1.67. The Bertz CT molecular complexity index is 1140. The van der Waals surface area contributed by atoms with Gasteiger partial charge in [-0.05, 0) is 73.9 Å². The fourth-order valence-corrected chi connectivity index (χ4v) is 5.94. The Labute approximate surface area is 226 Å². The molecule has 0 aliphatic carbocycles. The number of hydrogen-bond acceptors (Lipinski definition) is 4. The highest BCUT2D eigenvalue weighted by Gasteiger charge is 2.28. The van der Waals surface area contributed by atoms with Gasteiger partial charge in [-0.2, -0.15) is 4.31 Å². The van der Waals surface area contributed by atoms with Crippen molar-refractivity contribution in [1.29, 1.82) is 0 Å². The first kappa shape index (κ1) is 29.1. The molecule has 0 aromatic heterocycles. The number of aryl methyl sites for hydroxylation is 1. The number of benzene rings is 2. The SMILES string of the molecule is CC(C)CCNC(=O)[C@@H](C)N(Cc1ccc(Cl)cc1)C(=O)CCc1ccc(S(=O)(=O)N2CCCC2)cc1. The second kappa shape index (κ2) is 13.4. The lowest BCUT2D eigenvalue weighted by molar-refractivity contribution is -0.140.